The number of nitrogens with two attached hydrogens (primary N) is 1. The highest BCUT2D eigenvalue weighted by Crippen LogP contribution is 2.25. The molecule has 0 aliphatic carbocycles. The smallest absolute Gasteiger partial charge is 0.0600 e. The van der Waals surface area contributed by atoms with Crippen molar-refractivity contribution >= 4 is 35.4 Å². The molecule has 0 aliphatic rings. The Labute approximate surface area is 96.4 Å². The molecule has 14 heavy (non-hydrogen) atoms. The average Bonchev–Trinajstić information content (AvgIpc) is 2.10. The molecule has 0 fully saturated rings. The lowest BCUT2D eigenvalue weighted by Gasteiger charge is -2.22. The van der Waals surface area contributed by atoms with Gasteiger partial charge in [0, 0.05) is 18.1 Å². The highest BCUT2D eigenvalue weighted by molar-refractivity contribution is 6.31. The second-order valence-electron chi connectivity index (χ2n) is 2.88. The SMILES string of the molecule is CCN(CC)c1ccc(Cl)cc1N.Cl. The highest BCUT2D eigenvalue weighted by Gasteiger charge is 2.05. The van der Waals surface area contributed by atoms with E-state index in [1.807, 2.05) is 12.1 Å². The Kier molecular flexibility index (Phi) is 5.73. The predicted molar refractivity (Wildman–Crippen MR) is 66.7 cm³/mol. The van der Waals surface area contributed by atoms with E-state index >= 15 is 0 Å². The van der Waals surface area contributed by atoms with Crippen LogP contribution in [0.4, 0.5) is 11.4 Å². The van der Waals surface area contributed by atoms with Crippen LogP contribution in [0.15, 0.2) is 18.2 Å². The van der Waals surface area contributed by atoms with Gasteiger partial charge >= 0.3 is 0 Å². The summed E-state index contributed by atoms with van der Waals surface area (Å²) in [5.74, 6) is 0. The molecule has 0 aliphatic heterocycles. The first-order chi connectivity index (χ1) is 6.19. The van der Waals surface area contributed by atoms with Crippen LogP contribution in [-0.4, -0.2) is 13.1 Å². The average molecular weight is 235 g/mol. The van der Waals surface area contributed by atoms with Crippen molar-refractivity contribution in [1.29, 1.82) is 0 Å². The molecule has 2 N–H and O–H groups in total. The molecule has 1 rings (SSSR count). The second kappa shape index (κ2) is 5.99. The molecule has 0 atom stereocenters. The van der Waals surface area contributed by atoms with Gasteiger partial charge in [-0.15, -0.1) is 12.4 Å². The second-order valence-corrected chi connectivity index (χ2v) is 3.31. The van der Waals surface area contributed by atoms with Crippen molar-refractivity contribution < 1.29 is 0 Å². The van der Waals surface area contributed by atoms with Gasteiger partial charge in [0.05, 0.1) is 11.4 Å². The fourth-order valence-electron chi connectivity index (χ4n) is 1.38. The first-order valence-electron chi connectivity index (χ1n) is 4.49. The van der Waals surface area contributed by atoms with Crippen molar-refractivity contribution in [3.63, 3.8) is 0 Å². The summed E-state index contributed by atoms with van der Waals surface area (Å²) < 4.78 is 0. The molecule has 0 unspecified atom stereocenters. The molecule has 2 nitrogen and oxygen atoms in total. The zero-order valence-corrected chi connectivity index (χ0v) is 10.0. The maximum absolute atomic E-state index is 5.85. The molecular weight excluding hydrogens is 219 g/mol. The number of nitrogen functional groups attached to an aromatic ring is 1. The Balaban J connectivity index is 0.00000169. The molecule has 0 saturated heterocycles. The van der Waals surface area contributed by atoms with Crippen LogP contribution in [0, 0.1) is 0 Å². The van der Waals surface area contributed by atoms with Crippen LogP contribution in [0.5, 0.6) is 0 Å². The molecule has 0 radical (unpaired) electrons. The van der Waals surface area contributed by atoms with Crippen LogP contribution in [-0.2, 0) is 0 Å². The lowest BCUT2D eigenvalue weighted by atomic mass is 10.2. The van der Waals surface area contributed by atoms with Crippen molar-refractivity contribution in [3.05, 3.63) is 23.2 Å². The summed E-state index contributed by atoms with van der Waals surface area (Å²) in [6.07, 6.45) is 0. The Morgan fingerprint density at radius 2 is 1.86 bits per heavy atom. The molecule has 80 valence electrons. The van der Waals surface area contributed by atoms with E-state index in [1.54, 1.807) is 6.07 Å². The fourth-order valence-corrected chi connectivity index (χ4v) is 1.56. The number of hydrogen-bond donors (Lipinski definition) is 1. The van der Waals surface area contributed by atoms with Crippen molar-refractivity contribution in [2.24, 2.45) is 0 Å². The summed E-state index contributed by atoms with van der Waals surface area (Å²) in [7, 11) is 0. The molecule has 0 spiro atoms. The Morgan fingerprint density at radius 3 is 2.29 bits per heavy atom. The largest absolute Gasteiger partial charge is 0.397 e. The summed E-state index contributed by atoms with van der Waals surface area (Å²) in [4.78, 5) is 2.20. The number of benzene rings is 1. The van der Waals surface area contributed by atoms with Gasteiger partial charge in [0.25, 0.3) is 0 Å². The molecule has 1 aromatic rings. The number of rotatable bonds is 3. The minimum absolute atomic E-state index is 0. The van der Waals surface area contributed by atoms with Crippen molar-refractivity contribution in [2.75, 3.05) is 23.7 Å². The van der Waals surface area contributed by atoms with E-state index in [0.717, 1.165) is 24.5 Å². The fraction of sp³-hybridized carbons (Fsp3) is 0.400. The van der Waals surface area contributed by atoms with Crippen LogP contribution < -0.4 is 10.6 Å². The first-order valence-corrected chi connectivity index (χ1v) is 4.86. The van der Waals surface area contributed by atoms with E-state index in [0.29, 0.717) is 5.02 Å². The van der Waals surface area contributed by atoms with E-state index in [-0.39, 0.29) is 12.4 Å². The molecule has 4 heteroatoms. The van der Waals surface area contributed by atoms with E-state index in [4.69, 9.17) is 17.3 Å². The van der Waals surface area contributed by atoms with Crippen LogP contribution >= 0.6 is 24.0 Å². The van der Waals surface area contributed by atoms with Gasteiger partial charge in [-0.1, -0.05) is 11.6 Å². The summed E-state index contributed by atoms with van der Waals surface area (Å²) in [5.41, 5.74) is 7.66. The van der Waals surface area contributed by atoms with Crippen molar-refractivity contribution in [3.8, 4) is 0 Å². The van der Waals surface area contributed by atoms with Gasteiger partial charge in [-0.2, -0.15) is 0 Å². The molecule has 0 amide bonds. The normalized spacial score (nSPS) is 9.36. The van der Waals surface area contributed by atoms with E-state index < -0.39 is 0 Å². The maximum Gasteiger partial charge on any atom is 0.0600 e. The summed E-state index contributed by atoms with van der Waals surface area (Å²) >= 11 is 5.81. The summed E-state index contributed by atoms with van der Waals surface area (Å²) in [6, 6.07) is 5.62. The maximum atomic E-state index is 5.85. The number of halogens is 2. The zero-order chi connectivity index (χ0) is 9.84. The minimum Gasteiger partial charge on any atom is -0.397 e. The third kappa shape index (κ3) is 2.96. The van der Waals surface area contributed by atoms with Gasteiger partial charge in [0.1, 0.15) is 0 Å². The van der Waals surface area contributed by atoms with Gasteiger partial charge < -0.3 is 10.6 Å². The Hall–Kier alpha value is -0.600. The summed E-state index contributed by atoms with van der Waals surface area (Å²) in [5, 5.41) is 0.688. The third-order valence-corrected chi connectivity index (χ3v) is 2.33. The Morgan fingerprint density at radius 1 is 1.29 bits per heavy atom. The minimum atomic E-state index is 0. The number of hydrogen-bond acceptors (Lipinski definition) is 2. The molecule has 0 aromatic heterocycles. The molecular formula is C10H16Cl2N2. The van der Waals surface area contributed by atoms with Gasteiger partial charge in [0.15, 0.2) is 0 Å². The lowest BCUT2D eigenvalue weighted by molar-refractivity contribution is 0.868. The van der Waals surface area contributed by atoms with E-state index in [9.17, 15) is 0 Å². The summed E-state index contributed by atoms with van der Waals surface area (Å²) in [6.45, 7) is 6.14. The van der Waals surface area contributed by atoms with Crippen LogP contribution in [0.25, 0.3) is 0 Å². The zero-order valence-electron chi connectivity index (χ0n) is 8.46. The quantitative estimate of drug-likeness (QED) is 0.815. The van der Waals surface area contributed by atoms with Crippen LogP contribution in [0.3, 0.4) is 0 Å². The van der Waals surface area contributed by atoms with Gasteiger partial charge in [-0.3, -0.25) is 0 Å². The molecule has 0 bridgehead atoms. The van der Waals surface area contributed by atoms with Crippen LogP contribution in [0.2, 0.25) is 5.02 Å². The molecule has 0 saturated carbocycles. The Bertz CT molecular complexity index is 285. The highest BCUT2D eigenvalue weighted by atomic mass is 35.5. The van der Waals surface area contributed by atoms with E-state index in [1.165, 1.54) is 0 Å². The van der Waals surface area contributed by atoms with Gasteiger partial charge in [-0.25, -0.2) is 0 Å². The van der Waals surface area contributed by atoms with Crippen molar-refractivity contribution in [2.45, 2.75) is 13.8 Å². The van der Waals surface area contributed by atoms with Gasteiger partial charge in [-0.05, 0) is 32.0 Å². The number of anilines is 2. The van der Waals surface area contributed by atoms with Crippen LogP contribution in [0.1, 0.15) is 13.8 Å². The molecule has 0 heterocycles. The topological polar surface area (TPSA) is 29.3 Å². The standard InChI is InChI=1S/C10H15ClN2.ClH/c1-3-13(4-2)10-6-5-8(11)7-9(10)12;/h5-7H,3-4,12H2,1-2H3;1H. The van der Waals surface area contributed by atoms with Gasteiger partial charge in [0.2, 0.25) is 0 Å². The monoisotopic (exact) mass is 234 g/mol. The van der Waals surface area contributed by atoms with Crippen molar-refractivity contribution in [1.82, 2.24) is 0 Å². The lowest BCUT2D eigenvalue weighted by Crippen LogP contribution is -2.22. The number of nitrogens with zero attached hydrogens (tertiary/aromatic N) is 1. The molecule has 1 aromatic carbocycles. The first kappa shape index (κ1) is 13.4. The predicted octanol–water partition coefficient (Wildman–Crippen LogP) is 3.19. The van der Waals surface area contributed by atoms with E-state index in [2.05, 4.69) is 18.7 Å². The third-order valence-electron chi connectivity index (χ3n) is 2.09.